The van der Waals surface area contributed by atoms with E-state index < -0.39 is 0 Å². The Kier molecular flexibility index (Phi) is 5.16. The minimum atomic E-state index is -0.360. The molecule has 2 heteroatoms. The fraction of sp³-hybridized carbons (Fsp3) is 0.0270. The van der Waals surface area contributed by atoms with Crippen molar-refractivity contribution in [3.63, 3.8) is 0 Å². The largest absolute Gasteiger partial charge is 0.133 e. The summed E-state index contributed by atoms with van der Waals surface area (Å²) in [7, 11) is 0. The van der Waals surface area contributed by atoms with Gasteiger partial charge in [0, 0.05) is 24.6 Å². The van der Waals surface area contributed by atoms with Gasteiger partial charge < -0.3 is 0 Å². The molecular formula is C37H23BrS. The summed E-state index contributed by atoms with van der Waals surface area (Å²) in [5.74, 6) is 0. The summed E-state index contributed by atoms with van der Waals surface area (Å²) in [4.78, 5) is 0. The second kappa shape index (κ2) is 8.77. The molecule has 0 spiro atoms. The van der Waals surface area contributed by atoms with Crippen molar-refractivity contribution >= 4 is 47.4 Å². The zero-order valence-corrected chi connectivity index (χ0v) is 23.5. The maximum atomic E-state index is 3.77. The third-order valence-electron chi connectivity index (χ3n) is 8.26. The maximum absolute atomic E-state index is 3.77. The van der Waals surface area contributed by atoms with Crippen LogP contribution < -0.4 is 0 Å². The van der Waals surface area contributed by atoms with Gasteiger partial charge in [-0.2, -0.15) is 0 Å². The highest BCUT2D eigenvalue weighted by atomic mass is 79.9. The zero-order valence-electron chi connectivity index (χ0n) is 21.1. The zero-order chi connectivity index (χ0) is 26.0. The number of benzene rings is 6. The lowest BCUT2D eigenvalue weighted by atomic mass is 9.67. The van der Waals surface area contributed by atoms with E-state index in [4.69, 9.17) is 0 Å². The van der Waals surface area contributed by atoms with E-state index in [1.807, 2.05) is 11.3 Å². The van der Waals surface area contributed by atoms with Crippen molar-refractivity contribution in [1.82, 2.24) is 0 Å². The van der Waals surface area contributed by atoms with Gasteiger partial charge in [-0.15, -0.1) is 11.3 Å². The van der Waals surface area contributed by atoms with E-state index in [0.717, 1.165) is 4.47 Å². The van der Waals surface area contributed by atoms with Crippen LogP contribution in [0.3, 0.4) is 0 Å². The first-order chi connectivity index (χ1) is 19.3. The number of rotatable bonds is 3. The smallest absolute Gasteiger partial charge is 0.0713 e. The van der Waals surface area contributed by atoms with Gasteiger partial charge >= 0.3 is 0 Å². The lowest BCUT2D eigenvalue weighted by molar-refractivity contribution is 0.768. The van der Waals surface area contributed by atoms with E-state index in [0.29, 0.717) is 0 Å². The van der Waals surface area contributed by atoms with Gasteiger partial charge in [-0.05, 0) is 66.5 Å². The molecule has 39 heavy (non-hydrogen) atoms. The van der Waals surface area contributed by atoms with Crippen molar-refractivity contribution in [3.8, 4) is 22.3 Å². The Morgan fingerprint density at radius 3 is 1.67 bits per heavy atom. The van der Waals surface area contributed by atoms with Crippen molar-refractivity contribution < 1.29 is 0 Å². The predicted octanol–water partition coefficient (Wildman–Crippen LogP) is 10.8. The summed E-state index contributed by atoms with van der Waals surface area (Å²) >= 11 is 5.64. The van der Waals surface area contributed by atoms with Crippen LogP contribution in [-0.2, 0) is 5.41 Å². The van der Waals surface area contributed by atoms with Crippen LogP contribution in [0.4, 0.5) is 0 Å². The first-order valence-corrected chi connectivity index (χ1v) is 14.8. The molecule has 6 aromatic carbocycles. The number of hydrogen-bond donors (Lipinski definition) is 0. The minimum Gasteiger partial charge on any atom is -0.133 e. The number of fused-ring (bicyclic) bond motifs is 6. The summed E-state index contributed by atoms with van der Waals surface area (Å²) in [5.41, 5.74) is 10.1. The van der Waals surface area contributed by atoms with Crippen LogP contribution in [0.2, 0.25) is 0 Å². The highest BCUT2D eigenvalue weighted by Crippen LogP contribution is 2.56. The normalized spacial score (nSPS) is 13.5. The van der Waals surface area contributed by atoms with Crippen molar-refractivity contribution in [1.29, 1.82) is 0 Å². The summed E-state index contributed by atoms with van der Waals surface area (Å²) in [6, 6.07) is 51.3. The first kappa shape index (κ1) is 23.0. The molecule has 0 atom stereocenters. The van der Waals surface area contributed by atoms with Gasteiger partial charge in [-0.25, -0.2) is 0 Å². The van der Waals surface area contributed by atoms with Crippen molar-refractivity contribution in [2.75, 3.05) is 0 Å². The van der Waals surface area contributed by atoms with Gasteiger partial charge in [-0.3, -0.25) is 0 Å². The molecule has 1 aromatic heterocycles. The molecule has 0 amide bonds. The monoisotopic (exact) mass is 578 g/mol. The summed E-state index contributed by atoms with van der Waals surface area (Å²) < 4.78 is 3.80. The van der Waals surface area contributed by atoms with Gasteiger partial charge in [0.2, 0.25) is 0 Å². The van der Waals surface area contributed by atoms with Gasteiger partial charge in [0.05, 0.1) is 5.41 Å². The van der Waals surface area contributed by atoms with E-state index in [2.05, 4.69) is 155 Å². The average molecular weight is 580 g/mol. The molecule has 0 aliphatic heterocycles. The quantitative estimate of drug-likeness (QED) is 0.195. The van der Waals surface area contributed by atoms with Crippen molar-refractivity contribution in [2.45, 2.75) is 5.41 Å². The highest BCUT2D eigenvalue weighted by molar-refractivity contribution is 9.10. The maximum Gasteiger partial charge on any atom is 0.0713 e. The third-order valence-corrected chi connectivity index (χ3v) is 10.5. The molecule has 1 aliphatic rings. The van der Waals surface area contributed by atoms with Crippen molar-refractivity contribution in [3.05, 3.63) is 166 Å². The van der Waals surface area contributed by atoms with E-state index in [-0.39, 0.29) is 5.41 Å². The minimum absolute atomic E-state index is 0.360. The van der Waals surface area contributed by atoms with E-state index in [1.54, 1.807) is 0 Å². The van der Waals surface area contributed by atoms with Gasteiger partial charge in [-0.1, -0.05) is 133 Å². The van der Waals surface area contributed by atoms with Crippen LogP contribution in [0.1, 0.15) is 22.3 Å². The van der Waals surface area contributed by atoms with Gasteiger partial charge in [0.1, 0.15) is 0 Å². The molecule has 184 valence electrons. The van der Waals surface area contributed by atoms with E-state index in [1.165, 1.54) is 64.7 Å². The highest BCUT2D eigenvalue weighted by Gasteiger charge is 2.45. The molecule has 0 saturated carbocycles. The topological polar surface area (TPSA) is 0 Å². The molecule has 0 saturated heterocycles. The van der Waals surface area contributed by atoms with Gasteiger partial charge in [0.15, 0.2) is 0 Å². The standard InChI is InChI=1S/C37H23BrS/c38-34-19-9-16-31-30-15-8-14-27(35(30)39-36(31)34)24-20-22-26(23-21-24)37(25-10-2-1-3-11-25)32-17-6-4-12-28(32)29-13-5-7-18-33(29)37/h1-23H. The second-order valence-corrected chi connectivity index (χ2v) is 12.1. The molecule has 0 unspecified atom stereocenters. The third kappa shape index (κ3) is 3.22. The van der Waals surface area contributed by atoms with Crippen LogP contribution in [0.15, 0.2) is 144 Å². The molecule has 0 radical (unpaired) electrons. The average Bonchev–Trinajstić information content (AvgIpc) is 3.53. The van der Waals surface area contributed by atoms with Crippen LogP contribution >= 0.6 is 27.3 Å². The Balaban J connectivity index is 1.36. The Morgan fingerprint density at radius 1 is 0.436 bits per heavy atom. The summed E-state index contributed by atoms with van der Waals surface area (Å²) in [6.07, 6.45) is 0. The molecule has 0 nitrogen and oxygen atoms in total. The molecule has 7 aromatic rings. The lowest BCUT2D eigenvalue weighted by Crippen LogP contribution is -2.28. The number of hydrogen-bond acceptors (Lipinski definition) is 1. The summed E-state index contributed by atoms with van der Waals surface area (Å²) in [6.45, 7) is 0. The predicted molar refractivity (Wildman–Crippen MR) is 170 cm³/mol. The molecule has 1 heterocycles. The van der Waals surface area contributed by atoms with Crippen molar-refractivity contribution in [2.24, 2.45) is 0 Å². The Bertz CT molecular complexity index is 1970. The molecule has 1 aliphatic carbocycles. The van der Waals surface area contributed by atoms with E-state index in [9.17, 15) is 0 Å². The molecular weight excluding hydrogens is 556 g/mol. The van der Waals surface area contributed by atoms with E-state index >= 15 is 0 Å². The Morgan fingerprint density at radius 2 is 0.974 bits per heavy atom. The number of thiophene rings is 1. The van der Waals surface area contributed by atoms with Gasteiger partial charge in [0.25, 0.3) is 0 Å². The Hall–Kier alpha value is -3.98. The van der Waals surface area contributed by atoms with Crippen LogP contribution in [-0.4, -0.2) is 0 Å². The first-order valence-electron chi connectivity index (χ1n) is 13.2. The second-order valence-electron chi connectivity index (χ2n) is 10.2. The summed E-state index contributed by atoms with van der Waals surface area (Å²) in [5, 5.41) is 2.63. The molecule has 8 rings (SSSR count). The number of halogens is 1. The lowest BCUT2D eigenvalue weighted by Gasteiger charge is -2.34. The SMILES string of the molecule is Brc1cccc2c1sc1c(-c3ccc(C4(c5ccccc5)c5ccccc5-c5ccccc54)cc3)cccc12. The van der Waals surface area contributed by atoms with Crippen LogP contribution in [0.5, 0.6) is 0 Å². The Labute approximate surface area is 240 Å². The molecule has 0 N–H and O–H groups in total. The van der Waals surface area contributed by atoms with Crippen LogP contribution in [0, 0.1) is 0 Å². The molecule has 0 bridgehead atoms. The fourth-order valence-corrected chi connectivity index (χ4v) is 8.48. The molecule has 0 fully saturated rings. The van der Waals surface area contributed by atoms with Crippen LogP contribution in [0.25, 0.3) is 42.4 Å². The fourth-order valence-electron chi connectivity index (χ4n) is 6.62.